The third kappa shape index (κ3) is 4.42. The van der Waals surface area contributed by atoms with Crippen LogP contribution < -0.4 is 15.6 Å². The summed E-state index contributed by atoms with van der Waals surface area (Å²) in [5, 5.41) is 5.64. The van der Waals surface area contributed by atoms with Crippen molar-refractivity contribution >= 4 is 18.0 Å². The van der Waals surface area contributed by atoms with Crippen LogP contribution in [0.3, 0.4) is 0 Å². The van der Waals surface area contributed by atoms with Gasteiger partial charge in [-0.1, -0.05) is 48.0 Å². The summed E-state index contributed by atoms with van der Waals surface area (Å²) in [6.45, 7) is 1.70. The maximum atomic E-state index is 14.2. The average molecular weight is 499 g/mol. The van der Waals surface area contributed by atoms with Crippen LogP contribution in [-0.2, 0) is 11.3 Å². The molecule has 1 aliphatic heterocycles. The number of aromatic amines is 1. The quantitative estimate of drug-likeness (QED) is 0.305. The summed E-state index contributed by atoms with van der Waals surface area (Å²) in [5.41, 5.74) is 2.47. The number of nitrogens with zero attached hydrogens (tertiary/aromatic N) is 2. The summed E-state index contributed by atoms with van der Waals surface area (Å²) < 4.78 is 21.0. The second-order valence-electron chi connectivity index (χ2n) is 8.55. The molecule has 5 rings (SSSR count). The molecule has 8 nitrogen and oxygen atoms in total. The van der Waals surface area contributed by atoms with E-state index in [0.717, 1.165) is 10.5 Å². The van der Waals surface area contributed by atoms with Gasteiger partial charge in [-0.25, -0.2) is 13.9 Å². The molecule has 0 spiro atoms. The smallest absolute Gasteiger partial charge is 0.329 e. The third-order valence-electron chi connectivity index (χ3n) is 6.13. The molecule has 1 fully saturated rings. The fourth-order valence-corrected chi connectivity index (χ4v) is 4.17. The third-order valence-corrected chi connectivity index (χ3v) is 6.13. The van der Waals surface area contributed by atoms with Gasteiger partial charge in [0.05, 0.1) is 30.6 Å². The average Bonchev–Trinajstić information content (AvgIpc) is 3.36. The van der Waals surface area contributed by atoms with Crippen molar-refractivity contribution in [1.82, 2.24) is 20.0 Å². The van der Waals surface area contributed by atoms with Gasteiger partial charge < -0.3 is 10.1 Å². The summed E-state index contributed by atoms with van der Waals surface area (Å²) in [5.74, 6) is -0.672. The largest absolute Gasteiger partial charge is 0.496 e. The van der Waals surface area contributed by atoms with Crippen molar-refractivity contribution < 1.29 is 18.7 Å². The summed E-state index contributed by atoms with van der Waals surface area (Å²) in [6.07, 6.45) is 1.34. The maximum Gasteiger partial charge on any atom is 0.329 e. The van der Waals surface area contributed by atoms with E-state index in [2.05, 4.69) is 10.4 Å². The standard InChI is InChI=1S/C28H23FN4O4/c1-17-11-13-19(14-12-17)33-26(34)21(25(31-33)20-8-4-6-10-24(20)37-2)15-23-27(35)32(28(36)30-23)16-18-7-3-5-9-22(18)29/h3-15,31H,16H2,1-2H3,(H,30,36)/b23-15-. The Labute approximate surface area is 211 Å². The van der Waals surface area contributed by atoms with Crippen LogP contribution in [0.1, 0.15) is 16.7 Å². The zero-order valence-electron chi connectivity index (χ0n) is 20.1. The highest BCUT2D eigenvalue weighted by Crippen LogP contribution is 2.31. The van der Waals surface area contributed by atoms with Crippen LogP contribution in [0.25, 0.3) is 23.0 Å². The highest BCUT2D eigenvalue weighted by atomic mass is 19.1. The first-order valence-electron chi connectivity index (χ1n) is 11.5. The van der Waals surface area contributed by atoms with E-state index in [1.165, 1.54) is 36.1 Å². The Kier molecular flexibility index (Phi) is 6.19. The minimum Gasteiger partial charge on any atom is -0.496 e. The van der Waals surface area contributed by atoms with Crippen LogP contribution >= 0.6 is 0 Å². The van der Waals surface area contributed by atoms with E-state index in [1.54, 1.807) is 42.5 Å². The molecular formula is C28H23FN4O4. The number of hydrogen-bond acceptors (Lipinski definition) is 4. The number of methoxy groups -OCH3 is 1. The van der Waals surface area contributed by atoms with E-state index in [0.29, 0.717) is 22.7 Å². The molecule has 37 heavy (non-hydrogen) atoms. The van der Waals surface area contributed by atoms with Gasteiger partial charge in [-0.05, 0) is 43.3 Å². The number of benzene rings is 3. The summed E-state index contributed by atoms with van der Waals surface area (Å²) in [7, 11) is 1.52. The first kappa shape index (κ1) is 23.8. The molecule has 3 amide bonds. The van der Waals surface area contributed by atoms with Crippen molar-refractivity contribution in [2.45, 2.75) is 13.5 Å². The number of aromatic nitrogens is 2. The number of rotatable bonds is 6. The number of para-hydroxylation sites is 1. The van der Waals surface area contributed by atoms with Crippen LogP contribution in [0.4, 0.5) is 9.18 Å². The van der Waals surface area contributed by atoms with Crippen molar-refractivity contribution in [2.24, 2.45) is 0 Å². The second kappa shape index (κ2) is 9.62. The molecule has 0 radical (unpaired) electrons. The molecule has 1 aromatic heterocycles. The highest BCUT2D eigenvalue weighted by Gasteiger charge is 2.35. The number of halogens is 1. The van der Waals surface area contributed by atoms with Gasteiger partial charge in [0.25, 0.3) is 11.5 Å². The molecule has 2 heterocycles. The van der Waals surface area contributed by atoms with E-state index >= 15 is 0 Å². The van der Waals surface area contributed by atoms with Crippen LogP contribution in [0.5, 0.6) is 5.75 Å². The Hall–Kier alpha value is -4.92. The Morgan fingerprint density at radius 1 is 0.946 bits per heavy atom. The summed E-state index contributed by atoms with van der Waals surface area (Å²) >= 11 is 0. The molecule has 0 unspecified atom stereocenters. The number of carbonyl (C=O) groups excluding carboxylic acids is 2. The van der Waals surface area contributed by atoms with Gasteiger partial charge in [0.2, 0.25) is 0 Å². The van der Waals surface area contributed by atoms with Crippen molar-refractivity contribution in [3.63, 3.8) is 0 Å². The lowest BCUT2D eigenvalue weighted by Crippen LogP contribution is -2.30. The maximum absolute atomic E-state index is 14.2. The number of amides is 3. The van der Waals surface area contributed by atoms with E-state index in [9.17, 15) is 18.8 Å². The fourth-order valence-electron chi connectivity index (χ4n) is 4.17. The lowest BCUT2D eigenvalue weighted by molar-refractivity contribution is -0.123. The first-order valence-corrected chi connectivity index (χ1v) is 11.5. The van der Waals surface area contributed by atoms with E-state index in [-0.39, 0.29) is 23.4 Å². The van der Waals surface area contributed by atoms with Crippen molar-refractivity contribution in [3.05, 3.63) is 111 Å². The summed E-state index contributed by atoms with van der Waals surface area (Å²) in [4.78, 5) is 40.3. The monoisotopic (exact) mass is 498 g/mol. The zero-order chi connectivity index (χ0) is 26.1. The molecule has 3 aromatic carbocycles. The number of imide groups is 1. The zero-order valence-corrected chi connectivity index (χ0v) is 20.1. The number of ether oxygens (including phenoxy) is 1. The highest BCUT2D eigenvalue weighted by molar-refractivity contribution is 6.14. The topological polar surface area (TPSA) is 96.4 Å². The van der Waals surface area contributed by atoms with Crippen molar-refractivity contribution in [2.75, 3.05) is 7.11 Å². The van der Waals surface area contributed by atoms with Crippen molar-refractivity contribution in [1.29, 1.82) is 0 Å². The Balaban J connectivity index is 1.61. The SMILES string of the molecule is COc1ccccc1-c1[nH]n(-c2ccc(C)cc2)c(=O)c1/C=C1\NC(=O)N(Cc2ccccc2F)C1=O. The van der Waals surface area contributed by atoms with Crippen molar-refractivity contribution in [3.8, 4) is 22.7 Å². The van der Waals surface area contributed by atoms with Crippen LogP contribution in [0, 0.1) is 12.7 Å². The van der Waals surface area contributed by atoms with E-state index in [1.807, 2.05) is 19.1 Å². The van der Waals surface area contributed by atoms with E-state index < -0.39 is 23.3 Å². The predicted molar refractivity (Wildman–Crippen MR) is 137 cm³/mol. The molecule has 1 saturated heterocycles. The lowest BCUT2D eigenvalue weighted by Gasteiger charge is -2.12. The van der Waals surface area contributed by atoms with Gasteiger partial charge in [-0.2, -0.15) is 0 Å². The molecule has 0 bridgehead atoms. The molecule has 0 saturated carbocycles. The van der Waals surface area contributed by atoms with Gasteiger partial charge in [0.15, 0.2) is 0 Å². The number of H-pyrrole nitrogens is 1. The van der Waals surface area contributed by atoms with Crippen LogP contribution in [0.2, 0.25) is 0 Å². The second-order valence-corrected chi connectivity index (χ2v) is 8.55. The predicted octanol–water partition coefficient (Wildman–Crippen LogP) is 4.38. The molecule has 4 aromatic rings. The normalized spacial score (nSPS) is 14.4. The minimum absolute atomic E-state index is 0.0929. The van der Waals surface area contributed by atoms with Gasteiger partial charge in [0, 0.05) is 11.1 Å². The number of hydrogen-bond donors (Lipinski definition) is 2. The Bertz CT molecular complexity index is 1600. The number of urea groups is 1. The van der Waals surface area contributed by atoms with Gasteiger partial charge >= 0.3 is 6.03 Å². The molecule has 2 N–H and O–H groups in total. The molecule has 186 valence electrons. The minimum atomic E-state index is -0.701. The molecule has 9 heteroatoms. The Morgan fingerprint density at radius 3 is 2.38 bits per heavy atom. The molecule has 0 atom stereocenters. The number of aryl methyl sites for hydroxylation is 1. The molecule has 0 aliphatic carbocycles. The lowest BCUT2D eigenvalue weighted by atomic mass is 10.1. The van der Waals surface area contributed by atoms with Crippen LogP contribution in [0.15, 0.2) is 83.3 Å². The van der Waals surface area contributed by atoms with Gasteiger partial charge in [0.1, 0.15) is 17.3 Å². The first-order chi connectivity index (χ1) is 17.9. The van der Waals surface area contributed by atoms with Gasteiger partial charge in [-0.3, -0.25) is 19.6 Å². The summed E-state index contributed by atoms with van der Waals surface area (Å²) in [6, 6.07) is 19.7. The van der Waals surface area contributed by atoms with E-state index in [4.69, 9.17) is 4.74 Å². The van der Waals surface area contributed by atoms with Crippen LogP contribution in [-0.4, -0.2) is 33.7 Å². The molecule has 1 aliphatic rings. The fraction of sp³-hybridized carbons (Fsp3) is 0.107. The van der Waals surface area contributed by atoms with Gasteiger partial charge in [-0.15, -0.1) is 0 Å². The Morgan fingerprint density at radius 2 is 1.65 bits per heavy atom. The number of carbonyl (C=O) groups is 2. The number of nitrogens with one attached hydrogen (secondary N) is 2. The molecular weight excluding hydrogens is 475 g/mol.